The molecular formula is C17H18ClN5O. The Morgan fingerprint density at radius 2 is 2.33 bits per heavy atom. The van der Waals surface area contributed by atoms with Crippen molar-refractivity contribution in [2.24, 2.45) is 5.73 Å². The SMILES string of the molecule is N[C@@H](Cc1cnc[nH]1)C(=O)N1CCc2[nH]c3c(Cl)cccc3c2C1. The highest BCUT2D eigenvalue weighted by Crippen LogP contribution is 2.31. The van der Waals surface area contributed by atoms with Crippen molar-refractivity contribution in [1.82, 2.24) is 19.9 Å². The first-order valence-corrected chi connectivity index (χ1v) is 8.31. The summed E-state index contributed by atoms with van der Waals surface area (Å²) < 4.78 is 0. The van der Waals surface area contributed by atoms with Crippen molar-refractivity contribution in [3.05, 3.63) is 52.7 Å². The second-order valence-electron chi connectivity index (χ2n) is 6.14. The molecule has 0 spiro atoms. The largest absolute Gasteiger partial charge is 0.357 e. The molecule has 3 aromatic rings. The maximum Gasteiger partial charge on any atom is 0.240 e. The number of hydrogen-bond acceptors (Lipinski definition) is 3. The van der Waals surface area contributed by atoms with Gasteiger partial charge in [-0.05, 0) is 6.07 Å². The van der Waals surface area contributed by atoms with Crippen molar-refractivity contribution in [3.8, 4) is 0 Å². The number of amides is 1. The van der Waals surface area contributed by atoms with Crippen molar-refractivity contribution in [3.63, 3.8) is 0 Å². The van der Waals surface area contributed by atoms with Crippen molar-refractivity contribution < 1.29 is 4.79 Å². The Hall–Kier alpha value is -2.31. The number of rotatable bonds is 3. The third-order valence-corrected chi connectivity index (χ3v) is 4.90. The van der Waals surface area contributed by atoms with Crippen LogP contribution in [0, 0.1) is 0 Å². The number of benzene rings is 1. The van der Waals surface area contributed by atoms with Crippen molar-refractivity contribution in [2.75, 3.05) is 6.54 Å². The van der Waals surface area contributed by atoms with Gasteiger partial charge in [-0.3, -0.25) is 4.79 Å². The van der Waals surface area contributed by atoms with Gasteiger partial charge in [-0.15, -0.1) is 0 Å². The molecule has 0 saturated carbocycles. The molecule has 1 amide bonds. The topological polar surface area (TPSA) is 90.8 Å². The summed E-state index contributed by atoms with van der Waals surface area (Å²) in [6, 6.07) is 5.27. The quantitative estimate of drug-likeness (QED) is 0.679. The minimum atomic E-state index is -0.569. The third-order valence-electron chi connectivity index (χ3n) is 4.58. The van der Waals surface area contributed by atoms with Crippen LogP contribution in [-0.2, 0) is 24.2 Å². The monoisotopic (exact) mass is 343 g/mol. The first-order valence-electron chi connectivity index (χ1n) is 7.93. The highest BCUT2D eigenvalue weighted by atomic mass is 35.5. The smallest absolute Gasteiger partial charge is 0.240 e. The number of aromatic amines is 2. The molecule has 1 aliphatic rings. The minimum absolute atomic E-state index is 0.0355. The molecular weight excluding hydrogens is 326 g/mol. The summed E-state index contributed by atoms with van der Waals surface area (Å²) in [5.41, 5.74) is 10.2. The lowest BCUT2D eigenvalue weighted by Crippen LogP contribution is -2.46. The van der Waals surface area contributed by atoms with Gasteiger partial charge in [0.25, 0.3) is 0 Å². The molecule has 1 aromatic carbocycles. The summed E-state index contributed by atoms with van der Waals surface area (Å²) in [5.74, 6) is -0.0355. The zero-order valence-electron chi connectivity index (χ0n) is 13.1. The summed E-state index contributed by atoms with van der Waals surface area (Å²) in [6.45, 7) is 1.22. The molecule has 24 heavy (non-hydrogen) atoms. The number of hydrogen-bond donors (Lipinski definition) is 3. The van der Waals surface area contributed by atoms with Gasteiger partial charge in [0.2, 0.25) is 5.91 Å². The van der Waals surface area contributed by atoms with Gasteiger partial charge in [0.1, 0.15) is 0 Å². The Morgan fingerprint density at radius 3 is 3.12 bits per heavy atom. The second kappa shape index (κ2) is 5.96. The summed E-state index contributed by atoms with van der Waals surface area (Å²) in [7, 11) is 0. The fourth-order valence-electron chi connectivity index (χ4n) is 3.35. The number of aromatic nitrogens is 3. The summed E-state index contributed by atoms with van der Waals surface area (Å²) in [6.07, 6.45) is 4.53. The number of nitrogens with one attached hydrogen (secondary N) is 2. The van der Waals surface area contributed by atoms with Crippen LogP contribution in [0.1, 0.15) is 17.0 Å². The summed E-state index contributed by atoms with van der Waals surface area (Å²) >= 11 is 6.26. The van der Waals surface area contributed by atoms with Crippen LogP contribution >= 0.6 is 11.6 Å². The highest BCUT2D eigenvalue weighted by Gasteiger charge is 2.27. The molecule has 0 bridgehead atoms. The minimum Gasteiger partial charge on any atom is -0.357 e. The van der Waals surface area contributed by atoms with E-state index in [4.69, 9.17) is 17.3 Å². The molecule has 3 heterocycles. The van der Waals surface area contributed by atoms with Gasteiger partial charge in [0, 0.05) is 54.5 Å². The van der Waals surface area contributed by atoms with E-state index in [0.29, 0.717) is 24.5 Å². The lowest BCUT2D eigenvalue weighted by molar-refractivity contribution is -0.133. The van der Waals surface area contributed by atoms with Gasteiger partial charge in [-0.25, -0.2) is 4.98 Å². The molecule has 2 aromatic heterocycles. The van der Waals surface area contributed by atoms with E-state index in [1.54, 1.807) is 12.5 Å². The molecule has 0 fully saturated rings. The number of fused-ring (bicyclic) bond motifs is 3. The van der Waals surface area contributed by atoms with Crippen LogP contribution in [0.5, 0.6) is 0 Å². The summed E-state index contributed by atoms with van der Waals surface area (Å²) in [5, 5.41) is 1.79. The lowest BCUT2D eigenvalue weighted by atomic mass is 10.0. The van der Waals surface area contributed by atoms with Crippen molar-refractivity contribution in [2.45, 2.75) is 25.4 Å². The number of carbonyl (C=O) groups is 1. The zero-order valence-corrected chi connectivity index (χ0v) is 13.8. The fraction of sp³-hybridized carbons (Fsp3) is 0.294. The van der Waals surface area contributed by atoms with Gasteiger partial charge in [0.05, 0.1) is 22.9 Å². The van der Waals surface area contributed by atoms with Gasteiger partial charge in [-0.2, -0.15) is 0 Å². The number of imidazole rings is 1. The molecule has 4 N–H and O–H groups in total. The van der Waals surface area contributed by atoms with Gasteiger partial charge in [-0.1, -0.05) is 23.7 Å². The number of para-hydroxylation sites is 1. The number of nitrogens with zero attached hydrogens (tertiary/aromatic N) is 2. The average molecular weight is 344 g/mol. The second-order valence-corrected chi connectivity index (χ2v) is 6.55. The first-order chi connectivity index (χ1) is 11.6. The van der Waals surface area contributed by atoms with Crippen molar-refractivity contribution >= 4 is 28.4 Å². The Labute approximate surface area is 144 Å². The molecule has 0 aliphatic carbocycles. The normalized spacial score (nSPS) is 15.5. The van der Waals surface area contributed by atoms with Crippen LogP contribution in [0.15, 0.2) is 30.7 Å². The third kappa shape index (κ3) is 2.57. The number of H-pyrrole nitrogens is 2. The van der Waals surface area contributed by atoms with Crippen molar-refractivity contribution in [1.29, 1.82) is 0 Å². The number of nitrogens with two attached hydrogens (primary N) is 1. The Bertz CT molecular complexity index is 886. The maximum atomic E-state index is 12.7. The summed E-state index contributed by atoms with van der Waals surface area (Å²) in [4.78, 5) is 24.9. The molecule has 124 valence electrons. The van der Waals surface area contributed by atoms with Crippen LogP contribution in [-0.4, -0.2) is 38.3 Å². The van der Waals surface area contributed by atoms with E-state index in [0.717, 1.165) is 34.3 Å². The van der Waals surface area contributed by atoms with E-state index in [-0.39, 0.29) is 5.91 Å². The molecule has 6 nitrogen and oxygen atoms in total. The van der Waals surface area contributed by atoms with Crippen LogP contribution in [0.3, 0.4) is 0 Å². The van der Waals surface area contributed by atoms with E-state index in [1.165, 1.54) is 0 Å². The van der Waals surface area contributed by atoms with Gasteiger partial charge >= 0.3 is 0 Å². The van der Waals surface area contributed by atoms with Gasteiger partial charge < -0.3 is 20.6 Å². The molecule has 0 unspecified atom stereocenters. The van der Waals surface area contributed by atoms with Crippen LogP contribution in [0.2, 0.25) is 5.02 Å². The molecule has 7 heteroatoms. The van der Waals surface area contributed by atoms with Crippen LogP contribution in [0.25, 0.3) is 10.9 Å². The highest BCUT2D eigenvalue weighted by molar-refractivity contribution is 6.35. The standard InChI is InChI=1S/C17H18ClN5O/c18-13-3-1-2-11-12-8-23(5-4-15(12)22-16(11)13)17(24)14(19)6-10-7-20-9-21-10/h1-3,7,9,14,22H,4-6,8,19H2,(H,20,21)/t14-/m0/s1. The fourth-order valence-corrected chi connectivity index (χ4v) is 3.57. The average Bonchev–Trinajstić information content (AvgIpc) is 3.22. The van der Waals surface area contributed by atoms with E-state index >= 15 is 0 Å². The van der Waals surface area contributed by atoms with Crippen LogP contribution < -0.4 is 5.73 Å². The number of carbonyl (C=O) groups excluding carboxylic acids is 1. The van der Waals surface area contributed by atoms with Crippen LogP contribution in [0.4, 0.5) is 0 Å². The molecule has 1 aliphatic heterocycles. The Balaban J connectivity index is 1.56. The molecule has 1 atom stereocenters. The van der Waals surface area contributed by atoms with E-state index in [9.17, 15) is 4.79 Å². The Kier molecular flexibility index (Phi) is 3.78. The molecule has 0 saturated heterocycles. The number of halogens is 1. The molecule has 0 radical (unpaired) electrons. The first kappa shape index (κ1) is 15.2. The van der Waals surface area contributed by atoms with Gasteiger partial charge in [0.15, 0.2) is 0 Å². The Morgan fingerprint density at radius 1 is 1.46 bits per heavy atom. The predicted molar refractivity (Wildman–Crippen MR) is 92.7 cm³/mol. The molecule has 4 rings (SSSR count). The van der Waals surface area contributed by atoms with E-state index in [2.05, 4.69) is 15.0 Å². The van der Waals surface area contributed by atoms with E-state index < -0.39 is 6.04 Å². The maximum absolute atomic E-state index is 12.7. The zero-order chi connectivity index (χ0) is 16.7. The van der Waals surface area contributed by atoms with E-state index in [1.807, 2.05) is 23.1 Å². The predicted octanol–water partition coefficient (Wildman–Crippen LogP) is 2.00. The lowest BCUT2D eigenvalue weighted by Gasteiger charge is -2.29.